The minimum absolute atomic E-state index is 0.0969. The summed E-state index contributed by atoms with van der Waals surface area (Å²) in [6.45, 7) is 8.93. The summed E-state index contributed by atoms with van der Waals surface area (Å²) >= 11 is 0. The zero-order valence-electron chi connectivity index (χ0n) is 17.9. The maximum absolute atomic E-state index is 11.9. The predicted octanol–water partition coefficient (Wildman–Crippen LogP) is 4.53. The fourth-order valence-corrected chi connectivity index (χ4v) is 4.03. The third kappa shape index (κ3) is 4.20. The standard InChI is InChI=1S/C23H27N5O2/c1-14-7-5-9-19(11-14)24-21-12-20(22-15(2)27-30-16(22)3)25-23(26-21)18-8-6-10-28(13-18)17(4)29/h5,7,9,11-12,18H,6,8,10,13H2,1-4H3,(H,24,25,26). The molecule has 0 radical (unpaired) electrons. The number of likely N-dealkylation sites (tertiary alicyclic amines) is 1. The minimum Gasteiger partial charge on any atom is -0.361 e. The van der Waals surface area contributed by atoms with Gasteiger partial charge in [-0.3, -0.25) is 4.79 Å². The molecule has 7 nitrogen and oxygen atoms in total. The van der Waals surface area contributed by atoms with E-state index in [0.29, 0.717) is 6.54 Å². The number of amides is 1. The van der Waals surface area contributed by atoms with Crippen molar-refractivity contribution >= 4 is 17.4 Å². The van der Waals surface area contributed by atoms with Crippen LogP contribution in [-0.4, -0.2) is 39.0 Å². The fourth-order valence-electron chi connectivity index (χ4n) is 4.03. The second-order valence-electron chi connectivity index (χ2n) is 7.99. The van der Waals surface area contributed by atoms with Crippen LogP contribution in [0.25, 0.3) is 11.3 Å². The molecule has 0 saturated carbocycles. The summed E-state index contributed by atoms with van der Waals surface area (Å²) in [7, 11) is 0. The van der Waals surface area contributed by atoms with Crippen LogP contribution in [0.5, 0.6) is 0 Å². The summed E-state index contributed by atoms with van der Waals surface area (Å²) in [6, 6.07) is 10.1. The molecule has 4 rings (SSSR count). The molecule has 1 saturated heterocycles. The van der Waals surface area contributed by atoms with Gasteiger partial charge in [0.25, 0.3) is 0 Å². The van der Waals surface area contributed by atoms with Crippen molar-refractivity contribution < 1.29 is 9.32 Å². The van der Waals surface area contributed by atoms with Crippen molar-refractivity contribution in [3.63, 3.8) is 0 Å². The topological polar surface area (TPSA) is 84.2 Å². The largest absolute Gasteiger partial charge is 0.361 e. The van der Waals surface area contributed by atoms with Gasteiger partial charge in [0.15, 0.2) is 0 Å². The highest BCUT2D eigenvalue weighted by atomic mass is 16.5. The number of carbonyl (C=O) groups is 1. The van der Waals surface area contributed by atoms with Gasteiger partial charge in [0.1, 0.15) is 17.4 Å². The first-order valence-electron chi connectivity index (χ1n) is 10.3. The lowest BCUT2D eigenvalue weighted by Crippen LogP contribution is -2.38. The van der Waals surface area contributed by atoms with Gasteiger partial charge >= 0.3 is 0 Å². The van der Waals surface area contributed by atoms with Gasteiger partial charge in [-0.2, -0.15) is 0 Å². The summed E-state index contributed by atoms with van der Waals surface area (Å²) in [5, 5.41) is 7.50. The number of nitrogens with one attached hydrogen (secondary N) is 1. The Morgan fingerprint density at radius 3 is 2.73 bits per heavy atom. The maximum atomic E-state index is 11.9. The van der Waals surface area contributed by atoms with E-state index in [4.69, 9.17) is 14.5 Å². The summed E-state index contributed by atoms with van der Waals surface area (Å²) in [4.78, 5) is 23.5. The normalized spacial score (nSPS) is 16.5. The molecule has 7 heteroatoms. The number of piperidine rings is 1. The van der Waals surface area contributed by atoms with Gasteiger partial charge in [-0.05, 0) is 51.3 Å². The Morgan fingerprint density at radius 1 is 1.20 bits per heavy atom. The van der Waals surface area contributed by atoms with Crippen molar-refractivity contribution in [1.82, 2.24) is 20.0 Å². The van der Waals surface area contributed by atoms with Crippen LogP contribution in [-0.2, 0) is 4.79 Å². The number of aromatic nitrogens is 3. The molecule has 3 aromatic rings. The first kappa shape index (κ1) is 20.1. The van der Waals surface area contributed by atoms with E-state index in [1.165, 1.54) is 5.56 Å². The zero-order chi connectivity index (χ0) is 21.3. The van der Waals surface area contributed by atoms with E-state index in [0.717, 1.165) is 59.4 Å². The van der Waals surface area contributed by atoms with Crippen molar-refractivity contribution in [2.75, 3.05) is 18.4 Å². The Kier molecular flexibility index (Phi) is 5.53. The molecule has 1 N–H and O–H groups in total. The molecule has 1 aliphatic heterocycles. The Bertz CT molecular complexity index is 1060. The van der Waals surface area contributed by atoms with Gasteiger partial charge in [0.2, 0.25) is 5.91 Å². The zero-order valence-corrected chi connectivity index (χ0v) is 17.9. The van der Waals surface area contributed by atoms with E-state index in [-0.39, 0.29) is 11.8 Å². The highest BCUT2D eigenvalue weighted by Gasteiger charge is 2.26. The van der Waals surface area contributed by atoms with Crippen LogP contribution in [0.1, 0.15) is 48.5 Å². The molecule has 1 atom stereocenters. The Balaban J connectivity index is 1.75. The number of carbonyl (C=O) groups excluding carboxylic acids is 1. The first-order valence-corrected chi connectivity index (χ1v) is 10.3. The van der Waals surface area contributed by atoms with Gasteiger partial charge in [-0.25, -0.2) is 9.97 Å². The molecule has 156 valence electrons. The first-order chi connectivity index (χ1) is 14.4. The summed E-state index contributed by atoms with van der Waals surface area (Å²) in [5.41, 5.74) is 4.62. The molecule has 0 bridgehead atoms. The smallest absolute Gasteiger partial charge is 0.219 e. The quantitative estimate of drug-likeness (QED) is 0.687. The van der Waals surface area contributed by atoms with Gasteiger partial charge in [0, 0.05) is 37.7 Å². The highest BCUT2D eigenvalue weighted by molar-refractivity contribution is 5.73. The molecule has 1 fully saturated rings. The Morgan fingerprint density at radius 2 is 2.03 bits per heavy atom. The number of rotatable bonds is 4. The van der Waals surface area contributed by atoms with Crippen LogP contribution in [0.2, 0.25) is 0 Å². The van der Waals surface area contributed by atoms with E-state index < -0.39 is 0 Å². The molecule has 3 heterocycles. The monoisotopic (exact) mass is 405 g/mol. The minimum atomic E-state index is 0.0969. The lowest BCUT2D eigenvalue weighted by Gasteiger charge is -2.31. The maximum Gasteiger partial charge on any atom is 0.219 e. The van der Waals surface area contributed by atoms with E-state index in [1.807, 2.05) is 36.9 Å². The van der Waals surface area contributed by atoms with Gasteiger partial charge in [-0.15, -0.1) is 0 Å². The number of aryl methyl sites for hydroxylation is 3. The lowest BCUT2D eigenvalue weighted by atomic mass is 9.96. The van der Waals surface area contributed by atoms with Crippen LogP contribution < -0.4 is 5.32 Å². The van der Waals surface area contributed by atoms with Crippen molar-refractivity contribution in [1.29, 1.82) is 0 Å². The fraction of sp³-hybridized carbons (Fsp3) is 0.391. The molecule has 1 aromatic carbocycles. The molecule has 1 aliphatic rings. The third-order valence-electron chi connectivity index (χ3n) is 5.56. The molecular weight excluding hydrogens is 378 g/mol. The second-order valence-corrected chi connectivity index (χ2v) is 7.99. The molecular formula is C23H27N5O2. The van der Waals surface area contributed by atoms with Crippen molar-refractivity contribution in [2.24, 2.45) is 0 Å². The Hall–Kier alpha value is -3.22. The van der Waals surface area contributed by atoms with Crippen molar-refractivity contribution in [3.05, 3.63) is 53.2 Å². The highest BCUT2D eigenvalue weighted by Crippen LogP contribution is 2.31. The van der Waals surface area contributed by atoms with Crippen LogP contribution in [0.3, 0.4) is 0 Å². The lowest BCUT2D eigenvalue weighted by molar-refractivity contribution is -0.130. The molecule has 0 spiro atoms. The number of nitrogens with zero attached hydrogens (tertiary/aromatic N) is 4. The number of hydrogen-bond acceptors (Lipinski definition) is 6. The molecule has 30 heavy (non-hydrogen) atoms. The molecule has 2 aromatic heterocycles. The van der Waals surface area contributed by atoms with Crippen LogP contribution in [0.4, 0.5) is 11.5 Å². The van der Waals surface area contributed by atoms with Crippen LogP contribution in [0, 0.1) is 20.8 Å². The van der Waals surface area contributed by atoms with E-state index in [2.05, 4.69) is 29.5 Å². The van der Waals surface area contributed by atoms with Crippen LogP contribution >= 0.6 is 0 Å². The summed E-state index contributed by atoms with van der Waals surface area (Å²) in [5.74, 6) is 2.39. The Labute approximate surface area is 176 Å². The summed E-state index contributed by atoms with van der Waals surface area (Å²) in [6.07, 6.45) is 1.91. The summed E-state index contributed by atoms with van der Waals surface area (Å²) < 4.78 is 5.37. The molecule has 1 amide bonds. The molecule has 1 unspecified atom stereocenters. The SMILES string of the molecule is CC(=O)N1CCCC(c2nc(Nc3cccc(C)c3)cc(-c3c(C)noc3C)n2)C1. The number of hydrogen-bond donors (Lipinski definition) is 1. The van der Waals surface area contributed by atoms with E-state index >= 15 is 0 Å². The van der Waals surface area contributed by atoms with Gasteiger partial charge in [0.05, 0.1) is 17.0 Å². The molecule has 0 aliphatic carbocycles. The third-order valence-corrected chi connectivity index (χ3v) is 5.56. The average Bonchev–Trinajstić information content (AvgIpc) is 3.06. The van der Waals surface area contributed by atoms with Crippen molar-refractivity contribution in [2.45, 2.75) is 46.5 Å². The number of anilines is 2. The van der Waals surface area contributed by atoms with E-state index in [1.54, 1.807) is 6.92 Å². The van der Waals surface area contributed by atoms with Gasteiger partial charge in [-0.1, -0.05) is 17.3 Å². The number of benzene rings is 1. The van der Waals surface area contributed by atoms with E-state index in [9.17, 15) is 4.79 Å². The second kappa shape index (κ2) is 8.26. The van der Waals surface area contributed by atoms with Crippen molar-refractivity contribution in [3.8, 4) is 11.3 Å². The van der Waals surface area contributed by atoms with Gasteiger partial charge < -0.3 is 14.7 Å². The average molecular weight is 406 g/mol. The van der Waals surface area contributed by atoms with Crippen LogP contribution in [0.15, 0.2) is 34.9 Å². The predicted molar refractivity (Wildman–Crippen MR) is 116 cm³/mol.